The molecule has 0 fully saturated rings. The summed E-state index contributed by atoms with van der Waals surface area (Å²) in [6.45, 7) is 2.09. The van der Waals surface area contributed by atoms with Crippen LogP contribution in [0, 0.1) is 0 Å². The maximum absolute atomic E-state index is 4.63. The molecule has 2 heterocycles. The molecule has 0 aliphatic heterocycles. The predicted molar refractivity (Wildman–Crippen MR) is 91.8 cm³/mol. The van der Waals surface area contributed by atoms with Gasteiger partial charge in [-0.1, -0.05) is 42.5 Å². The van der Waals surface area contributed by atoms with E-state index in [0.717, 1.165) is 15.0 Å². The molecule has 4 aromatic rings. The summed E-state index contributed by atoms with van der Waals surface area (Å²) >= 11 is 3.16. The quantitative estimate of drug-likeness (QED) is 0.561. The van der Waals surface area contributed by atoms with Gasteiger partial charge in [-0.2, -0.15) is 0 Å². The van der Waals surface area contributed by atoms with Gasteiger partial charge in [-0.25, -0.2) is 9.67 Å². The van der Waals surface area contributed by atoms with Gasteiger partial charge in [0.2, 0.25) is 5.16 Å². The number of tetrazole rings is 1. The van der Waals surface area contributed by atoms with E-state index >= 15 is 0 Å². The highest BCUT2D eigenvalue weighted by atomic mass is 32.2. The normalized spacial score (nSPS) is 12.6. The van der Waals surface area contributed by atoms with Gasteiger partial charge in [0.15, 0.2) is 4.34 Å². The van der Waals surface area contributed by atoms with Crippen LogP contribution in [0.5, 0.6) is 0 Å². The molecule has 1 unspecified atom stereocenters. The molecule has 0 radical (unpaired) electrons. The van der Waals surface area contributed by atoms with E-state index in [-0.39, 0.29) is 6.04 Å². The van der Waals surface area contributed by atoms with Gasteiger partial charge < -0.3 is 0 Å². The van der Waals surface area contributed by atoms with Crippen molar-refractivity contribution in [2.75, 3.05) is 0 Å². The number of rotatable bonds is 4. The van der Waals surface area contributed by atoms with Crippen LogP contribution in [0.3, 0.4) is 0 Å². The number of hydrogen-bond acceptors (Lipinski definition) is 6. The molecule has 7 heteroatoms. The molecular formula is C16H13N5S2. The van der Waals surface area contributed by atoms with Gasteiger partial charge in [0, 0.05) is 0 Å². The first-order chi connectivity index (χ1) is 11.3. The van der Waals surface area contributed by atoms with Crippen LogP contribution in [0.25, 0.3) is 10.2 Å². The fraction of sp³-hybridized carbons (Fsp3) is 0.125. The Kier molecular flexibility index (Phi) is 3.80. The SMILES string of the molecule is CC(c1ccccc1)n1nnnc1Sc1nc2ccccc2s1. The Hall–Kier alpha value is -2.25. The van der Waals surface area contributed by atoms with E-state index < -0.39 is 0 Å². The molecule has 0 N–H and O–H groups in total. The van der Waals surface area contributed by atoms with Crippen LogP contribution in [-0.2, 0) is 0 Å². The molecule has 0 amide bonds. The van der Waals surface area contributed by atoms with Crippen LogP contribution in [0.2, 0.25) is 0 Å². The van der Waals surface area contributed by atoms with Gasteiger partial charge in [0.25, 0.3) is 0 Å². The highest BCUT2D eigenvalue weighted by Crippen LogP contribution is 2.34. The predicted octanol–water partition coefficient (Wildman–Crippen LogP) is 4.04. The molecule has 0 aliphatic carbocycles. The van der Waals surface area contributed by atoms with Gasteiger partial charge in [-0.15, -0.1) is 16.4 Å². The molecular weight excluding hydrogens is 326 g/mol. The van der Waals surface area contributed by atoms with E-state index in [9.17, 15) is 0 Å². The highest BCUT2D eigenvalue weighted by Gasteiger charge is 2.17. The van der Waals surface area contributed by atoms with Crippen molar-refractivity contribution in [1.82, 2.24) is 25.2 Å². The lowest BCUT2D eigenvalue weighted by Crippen LogP contribution is -2.09. The summed E-state index contributed by atoms with van der Waals surface area (Å²) in [6.07, 6.45) is 0. The second-order valence-electron chi connectivity index (χ2n) is 5.04. The first kappa shape index (κ1) is 14.3. The van der Waals surface area contributed by atoms with Crippen molar-refractivity contribution < 1.29 is 0 Å². The Morgan fingerprint density at radius 2 is 1.83 bits per heavy atom. The van der Waals surface area contributed by atoms with Crippen molar-refractivity contribution in [2.24, 2.45) is 0 Å². The lowest BCUT2D eigenvalue weighted by Gasteiger charge is -2.12. The number of nitrogens with zero attached hydrogens (tertiary/aromatic N) is 5. The second kappa shape index (κ2) is 6.10. The maximum Gasteiger partial charge on any atom is 0.216 e. The summed E-state index contributed by atoms with van der Waals surface area (Å²) in [5.41, 5.74) is 2.18. The number of thiazole rings is 1. The lowest BCUT2D eigenvalue weighted by atomic mass is 10.1. The molecule has 0 saturated heterocycles. The molecule has 0 spiro atoms. The molecule has 2 aromatic heterocycles. The van der Waals surface area contributed by atoms with Gasteiger partial charge >= 0.3 is 0 Å². The minimum Gasteiger partial charge on any atom is -0.229 e. The summed E-state index contributed by atoms with van der Waals surface area (Å²) in [5.74, 6) is 0. The first-order valence-corrected chi connectivity index (χ1v) is 8.81. The minimum atomic E-state index is 0.0723. The molecule has 0 aliphatic rings. The first-order valence-electron chi connectivity index (χ1n) is 7.17. The van der Waals surface area contributed by atoms with Crippen molar-refractivity contribution in [3.05, 3.63) is 60.2 Å². The van der Waals surface area contributed by atoms with Crippen LogP contribution in [0.15, 0.2) is 64.1 Å². The lowest BCUT2D eigenvalue weighted by molar-refractivity contribution is 0.504. The van der Waals surface area contributed by atoms with Crippen molar-refractivity contribution in [2.45, 2.75) is 22.5 Å². The largest absolute Gasteiger partial charge is 0.229 e. The molecule has 0 bridgehead atoms. The third-order valence-electron chi connectivity index (χ3n) is 3.56. The van der Waals surface area contributed by atoms with Crippen LogP contribution in [0.1, 0.15) is 18.5 Å². The highest BCUT2D eigenvalue weighted by molar-refractivity contribution is 8.01. The van der Waals surface area contributed by atoms with E-state index in [2.05, 4.69) is 45.6 Å². The number of aromatic nitrogens is 5. The average molecular weight is 339 g/mol. The fourth-order valence-corrected chi connectivity index (χ4v) is 4.36. The average Bonchev–Trinajstić information content (AvgIpc) is 3.21. The number of hydrogen-bond donors (Lipinski definition) is 0. The van der Waals surface area contributed by atoms with Crippen molar-refractivity contribution in [1.29, 1.82) is 0 Å². The standard InChI is InChI=1S/C16H13N5S2/c1-11(12-7-3-2-4-8-12)21-15(18-19-20-21)23-16-17-13-9-5-6-10-14(13)22-16/h2-11H,1H3. The topological polar surface area (TPSA) is 56.5 Å². The van der Waals surface area contributed by atoms with Gasteiger partial charge in [0.1, 0.15) is 0 Å². The zero-order valence-corrected chi connectivity index (χ0v) is 14.0. The van der Waals surface area contributed by atoms with E-state index in [1.165, 1.54) is 22.0 Å². The van der Waals surface area contributed by atoms with Crippen molar-refractivity contribution in [3.8, 4) is 0 Å². The summed E-state index contributed by atoms with van der Waals surface area (Å²) in [4.78, 5) is 4.63. The van der Waals surface area contributed by atoms with Crippen LogP contribution >= 0.6 is 23.1 Å². The molecule has 114 valence electrons. The van der Waals surface area contributed by atoms with Crippen LogP contribution < -0.4 is 0 Å². The summed E-state index contributed by atoms with van der Waals surface area (Å²) in [7, 11) is 0. The Morgan fingerprint density at radius 3 is 2.65 bits per heavy atom. The van der Waals surface area contributed by atoms with Gasteiger partial charge in [0.05, 0.1) is 16.3 Å². The Labute approximate surface area is 141 Å². The maximum atomic E-state index is 4.63. The zero-order valence-electron chi connectivity index (χ0n) is 12.3. The molecule has 4 rings (SSSR count). The number of para-hydroxylation sites is 1. The molecule has 2 aromatic carbocycles. The summed E-state index contributed by atoms with van der Waals surface area (Å²) in [5, 5.41) is 12.9. The minimum absolute atomic E-state index is 0.0723. The Balaban J connectivity index is 1.64. The molecule has 23 heavy (non-hydrogen) atoms. The van der Waals surface area contributed by atoms with Crippen LogP contribution in [-0.4, -0.2) is 25.2 Å². The Morgan fingerprint density at radius 1 is 1.04 bits per heavy atom. The smallest absolute Gasteiger partial charge is 0.216 e. The fourth-order valence-electron chi connectivity index (χ4n) is 2.34. The molecule has 0 saturated carbocycles. The van der Waals surface area contributed by atoms with E-state index in [0.29, 0.717) is 0 Å². The summed E-state index contributed by atoms with van der Waals surface area (Å²) in [6, 6.07) is 18.4. The monoisotopic (exact) mass is 339 g/mol. The third kappa shape index (κ3) is 2.85. The van der Waals surface area contributed by atoms with Gasteiger partial charge in [-0.3, -0.25) is 0 Å². The third-order valence-corrected chi connectivity index (χ3v) is 5.61. The van der Waals surface area contributed by atoms with Crippen molar-refractivity contribution in [3.63, 3.8) is 0 Å². The summed E-state index contributed by atoms with van der Waals surface area (Å²) < 4.78 is 3.96. The van der Waals surface area contributed by atoms with Crippen LogP contribution in [0.4, 0.5) is 0 Å². The van der Waals surface area contributed by atoms with E-state index in [1.807, 2.05) is 41.1 Å². The van der Waals surface area contributed by atoms with Crippen molar-refractivity contribution >= 4 is 33.3 Å². The molecule has 5 nitrogen and oxygen atoms in total. The van der Waals surface area contributed by atoms with Gasteiger partial charge in [-0.05, 0) is 46.8 Å². The Bertz CT molecular complexity index is 899. The van der Waals surface area contributed by atoms with E-state index in [4.69, 9.17) is 0 Å². The zero-order chi connectivity index (χ0) is 15.6. The van der Waals surface area contributed by atoms with E-state index in [1.54, 1.807) is 11.3 Å². The second-order valence-corrected chi connectivity index (χ2v) is 7.29. The molecule has 1 atom stereocenters. The number of fused-ring (bicyclic) bond motifs is 1. The number of benzene rings is 2.